The quantitative estimate of drug-likeness (QED) is 0.723. The molecule has 0 bridgehead atoms. The predicted molar refractivity (Wildman–Crippen MR) is 66.5 cm³/mol. The van der Waals surface area contributed by atoms with Crippen LogP contribution in [0, 0.1) is 0 Å². The maximum absolute atomic E-state index is 10.4. The maximum Gasteiger partial charge on any atom is 0.0966 e. The Balaban J connectivity index is 2.19. The van der Waals surface area contributed by atoms with Crippen LogP contribution in [0.2, 0.25) is 0 Å². The third-order valence-corrected chi connectivity index (χ3v) is 3.66. The van der Waals surface area contributed by atoms with Gasteiger partial charge in [0, 0.05) is 12.2 Å². The first-order valence-electron chi connectivity index (χ1n) is 5.96. The van der Waals surface area contributed by atoms with Gasteiger partial charge in [0.1, 0.15) is 0 Å². The van der Waals surface area contributed by atoms with Crippen LogP contribution < -0.4 is 11.1 Å². The third-order valence-electron chi connectivity index (χ3n) is 3.66. The summed E-state index contributed by atoms with van der Waals surface area (Å²) in [5.74, 6) is 0. The van der Waals surface area contributed by atoms with Gasteiger partial charge in [-0.1, -0.05) is 25.1 Å². The van der Waals surface area contributed by atoms with Crippen LogP contribution in [0.15, 0.2) is 24.3 Å². The largest absolute Gasteiger partial charge is 0.386 e. The van der Waals surface area contributed by atoms with E-state index in [4.69, 9.17) is 5.73 Å². The van der Waals surface area contributed by atoms with Gasteiger partial charge in [-0.25, -0.2) is 0 Å². The van der Waals surface area contributed by atoms with Gasteiger partial charge in [0.15, 0.2) is 0 Å². The molecule has 2 rings (SSSR count). The molecule has 1 aliphatic heterocycles. The second-order valence-corrected chi connectivity index (χ2v) is 4.55. The molecule has 0 saturated heterocycles. The van der Waals surface area contributed by atoms with Gasteiger partial charge in [-0.05, 0) is 30.9 Å². The summed E-state index contributed by atoms with van der Waals surface area (Å²) in [7, 11) is 0. The number of hydrogen-bond donors (Lipinski definition) is 3. The Kier molecular flexibility index (Phi) is 3.17. The van der Waals surface area contributed by atoms with Gasteiger partial charge >= 0.3 is 0 Å². The molecular weight excluding hydrogens is 200 g/mol. The fourth-order valence-corrected chi connectivity index (χ4v) is 2.37. The van der Waals surface area contributed by atoms with Crippen LogP contribution in [0.1, 0.15) is 25.3 Å². The van der Waals surface area contributed by atoms with Crippen molar-refractivity contribution < 1.29 is 5.11 Å². The number of rotatable bonds is 3. The molecule has 3 heteroatoms. The van der Waals surface area contributed by atoms with E-state index in [0.717, 1.165) is 18.5 Å². The van der Waals surface area contributed by atoms with E-state index in [2.05, 4.69) is 23.5 Å². The van der Waals surface area contributed by atoms with Crippen LogP contribution in [-0.4, -0.2) is 23.3 Å². The number of aryl methyl sites for hydroxylation is 1. The van der Waals surface area contributed by atoms with E-state index in [-0.39, 0.29) is 6.04 Å². The summed E-state index contributed by atoms with van der Waals surface area (Å²) in [5, 5.41) is 13.8. The van der Waals surface area contributed by atoms with Crippen molar-refractivity contribution in [3.8, 4) is 0 Å². The average Bonchev–Trinajstić information content (AvgIpc) is 2.37. The maximum atomic E-state index is 10.4. The topological polar surface area (TPSA) is 58.3 Å². The van der Waals surface area contributed by atoms with Gasteiger partial charge in [0.25, 0.3) is 0 Å². The number of benzene rings is 1. The predicted octanol–water partition coefficient (Wildman–Crippen LogP) is 1.51. The Morgan fingerprint density at radius 1 is 1.50 bits per heavy atom. The number of anilines is 1. The van der Waals surface area contributed by atoms with Crippen molar-refractivity contribution in [3.63, 3.8) is 0 Å². The van der Waals surface area contributed by atoms with E-state index in [1.165, 1.54) is 5.56 Å². The van der Waals surface area contributed by atoms with Crippen LogP contribution in [0.3, 0.4) is 0 Å². The highest BCUT2D eigenvalue weighted by atomic mass is 16.3. The smallest absolute Gasteiger partial charge is 0.0966 e. The standard InChI is InChI=1S/C13H20N2O/c1-2-13(16,9-14)12-8-7-10-5-3-4-6-11(10)15-12/h3-6,12,15-16H,2,7-9,14H2,1H3. The van der Waals surface area contributed by atoms with Crippen LogP contribution >= 0.6 is 0 Å². The molecule has 2 atom stereocenters. The van der Waals surface area contributed by atoms with E-state index >= 15 is 0 Å². The minimum Gasteiger partial charge on any atom is -0.386 e. The molecule has 4 N–H and O–H groups in total. The van der Waals surface area contributed by atoms with Crippen molar-refractivity contribution >= 4 is 5.69 Å². The number of aliphatic hydroxyl groups is 1. The number of para-hydroxylation sites is 1. The highest BCUT2D eigenvalue weighted by Crippen LogP contribution is 2.30. The molecule has 1 aromatic rings. The lowest BCUT2D eigenvalue weighted by Crippen LogP contribution is -2.53. The Labute approximate surface area is 96.7 Å². The van der Waals surface area contributed by atoms with Crippen LogP contribution in [0.5, 0.6) is 0 Å². The summed E-state index contributed by atoms with van der Waals surface area (Å²) in [4.78, 5) is 0. The summed E-state index contributed by atoms with van der Waals surface area (Å²) in [6.07, 6.45) is 2.64. The molecule has 16 heavy (non-hydrogen) atoms. The summed E-state index contributed by atoms with van der Waals surface area (Å²) >= 11 is 0. The highest BCUT2D eigenvalue weighted by Gasteiger charge is 2.35. The number of hydrogen-bond acceptors (Lipinski definition) is 3. The molecule has 0 radical (unpaired) electrons. The van der Waals surface area contributed by atoms with Gasteiger partial charge in [-0.2, -0.15) is 0 Å². The molecule has 0 amide bonds. The molecule has 88 valence electrons. The Hall–Kier alpha value is -1.06. The first kappa shape index (κ1) is 11.4. The van der Waals surface area contributed by atoms with Gasteiger partial charge in [0.2, 0.25) is 0 Å². The van der Waals surface area contributed by atoms with Crippen molar-refractivity contribution in [2.75, 3.05) is 11.9 Å². The summed E-state index contributed by atoms with van der Waals surface area (Å²) in [6.45, 7) is 2.29. The second-order valence-electron chi connectivity index (χ2n) is 4.55. The van der Waals surface area contributed by atoms with E-state index in [1.807, 2.05) is 13.0 Å². The molecule has 0 fully saturated rings. The minimum atomic E-state index is -0.784. The lowest BCUT2D eigenvalue weighted by atomic mass is 9.84. The monoisotopic (exact) mass is 220 g/mol. The molecule has 1 aromatic carbocycles. The molecule has 1 aliphatic rings. The van der Waals surface area contributed by atoms with E-state index < -0.39 is 5.60 Å². The third kappa shape index (κ3) is 1.93. The SMILES string of the molecule is CCC(O)(CN)C1CCc2ccccc2N1. The van der Waals surface area contributed by atoms with Gasteiger partial charge in [-0.15, -0.1) is 0 Å². The average molecular weight is 220 g/mol. The van der Waals surface area contributed by atoms with Crippen LogP contribution in [0.25, 0.3) is 0 Å². The van der Waals surface area contributed by atoms with E-state index in [1.54, 1.807) is 0 Å². The Bertz CT molecular complexity index is 361. The molecule has 0 aliphatic carbocycles. The number of nitrogens with two attached hydrogens (primary N) is 1. The lowest BCUT2D eigenvalue weighted by molar-refractivity contribution is 0.0221. The molecule has 0 saturated carbocycles. The zero-order valence-electron chi connectivity index (χ0n) is 9.74. The molecule has 1 heterocycles. The summed E-state index contributed by atoms with van der Waals surface area (Å²) in [6, 6.07) is 8.33. The molecule has 0 aromatic heterocycles. The molecule has 2 unspecified atom stereocenters. The fourth-order valence-electron chi connectivity index (χ4n) is 2.37. The zero-order valence-corrected chi connectivity index (χ0v) is 9.74. The van der Waals surface area contributed by atoms with Crippen molar-refractivity contribution in [3.05, 3.63) is 29.8 Å². The van der Waals surface area contributed by atoms with Gasteiger partial charge < -0.3 is 16.2 Å². The molecule has 0 spiro atoms. The van der Waals surface area contributed by atoms with Crippen molar-refractivity contribution in [1.29, 1.82) is 0 Å². The van der Waals surface area contributed by atoms with E-state index in [0.29, 0.717) is 13.0 Å². The minimum absolute atomic E-state index is 0.0670. The summed E-state index contributed by atoms with van der Waals surface area (Å²) < 4.78 is 0. The fraction of sp³-hybridized carbons (Fsp3) is 0.538. The molecular formula is C13H20N2O. The van der Waals surface area contributed by atoms with Crippen molar-refractivity contribution in [2.24, 2.45) is 5.73 Å². The normalized spacial score (nSPS) is 23.1. The number of fused-ring (bicyclic) bond motifs is 1. The first-order chi connectivity index (χ1) is 7.69. The van der Waals surface area contributed by atoms with Crippen molar-refractivity contribution in [1.82, 2.24) is 0 Å². The summed E-state index contributed by atoms with van der Waals surface area (Å²) in [5.41, 5.74) is 7.36. The van der Waals surface area contributed by atoms with Gasteiger partial charge in [-0.3, -0.25) is 0 Å². The first-order valence-corrected chi connectivity index (χ1v) is 5.96. The second kappa shape index (κ2) is 4.44. The zero-order chi connectivity index (χ0) is 11.6. The lowest BCUT2D eigenvalue weighted by Gasteiger charge is -2.38. The highest BCUT2D eigenvalue weighted by molar-refractivity contribution is 5.54. The van der Waals surface area contributed by atoms with Gasteiger partial charge in [0.05, 0.1) is 11.6 Å². The number of nitrogens with one attached hydrogen (secondary N) is 1. The van der Waals surface area contributed by atoms with Crippen molar-refractivity contribution in [2.45, 2.75) is 37.8 Å². The van der Waals surface area contributed by atoms with Crippen LogP contribution in [0.4, 0.5) is 5.69 Å². The van der Waals surface area contributed by atoms with Crippen LogP contribution in [-0.2, 0) is 6.42 Å². The van der Waals surface area contributed by atoms with E-state index in [9.17, 15) is 5.11 Å². The Morgan fingerprint density at radius 2 is 2.25 bits per heavy atom. The molecule has 3 nitrogen and oxygen atoms in total. The Morgan fingerprint density at radius 3 is 2.94 bits per heavy atom.